The minimum absolute atomic E-state index is 0.900. The average molecular weight is 161 g/mol. The molecule has 0 unspecified atom stereocenters. The molecular weight excluding hydrogens is 148 g/mol. The van der Waals surface area contributed by atoms with Crippen molar-refractivity contribution in [2.24, 2.45) is 0 Å². The smallest absolute Gasteiger partial charge is 0.118 e. The summed E-state index contributed by atoms with van der Waals surface area (Å²) in [5.74, 6) is 0.900. The maximum Gasteiger partial charge on any atom is 0.118 e. The Bertz CT molecular complexity index is 246. The molecule has 0 bridgehead atoms. The lowest BCUT2D eigenvalue weighted by Gasteiger charge is -1.99. The summed E-state index contributed by atoms with van der Waals surface area (Å²) in [6.07, 6.45) is 4.78. The molecule has 0 aliphatic carbocycles. The molecule has 0 aliphatic heterocycles. The first-order valence-electron chi connectivity index (χ1n) is 3.94. The van der Waals surface area contributed by atoms with Crippen LogP contribution >= 0.6 is 0 Å². The van der Waals surface area contributed by atoms with E-state index in [4.69, 9.17) is 4.74 Å². The Labute approximate surface area is 73.7 Å². The Kier molecular flexibility index (Phi) is 3.39. The second kappa shape index (κ2) is 4.60. The number of allylic oxidation sites excluding steroid dienone is 2. The summed E-state index contributed by atoms with van der Waals surface area (Å²) in [4.78, 5) is 0. The fourth-order valence-electron chi connectivity index (χ4n) is 0.981. The van der Waals surface area contributed by atoms with Gasteiger partial charge in [0.25, 0.3) is 0 Å². The number of hydrogen-bond donors (Lipinski definition) is 0. The van der Waals surface area contributed by atoms with Crippen LogP contribution in [0.5, 0.6) is 5.75 Å². The Morgan fingerprint density at radius 2 is 2.00 bits per heavy atom. The van der Waals surface area contributed by atoms with E-state index in [9.17, 15) is 0 Å². The van der Waals surface area contributed by atoms with Gasteiger partial charge in [0.15, 0.2) is 0 Å². The highest BCUT2D eigenvalue weighted by atomic mass is 16.5. The minimum Gasteiger partial charge on any atom is -0.497 e. The first-order valence-corrected chi connectivity index (χ1v) is 3.94. The van der Waals surface area contributed by atoms with Gasteiger partial charge >= 0.3 is 0 Å². The highest BCUT2D eigenvalue weighted by molar-refractivity contribution is 5.28. The normalized spacial score (nSPS) is 10.5. The van der Waals surface area contributed by atoms with Gasteiger partial charge in [0.2, 0.25) is 0 Å². The first kappa shape index (κ1) is 8.85. The van der Waals surface area contributed by atoms with Gasteiger partial charge in [0, 0.05) is 0 Å². The van der Waals surface area contributed by atoms with Crippen LogP contribution in [-0.2, 0) is 6.42 Å². The number of hydrogen-bond acceptors (Lipinski definition) is 1. The molecular formula is C11H13O. The lowest BCUT2D eigenvalue weighted by Crippen LogP contribution is -1.84. The Morgan fingerprint density at radius 3 is 2.50 bits per heavy atom. The Morgan fingerprint density at radius 1 is 1.33 bits per heavy atom. The van der Waals surface area contributed by atoms with Gasteiger partial charge in [-0.3, -0.25) is 0 Å². The minimum atomic E-state index is 0.900. The van der Waals surface area contributed by atoms with E-state index < -0.39 is 0 Å². The maximum absolute atomic E-state index is 5.04. The molecule has 0 aliphatic rings. The van der Waals surface area contributed by atoms with Crippen LogP contribution in [0.4, 0.5) is 0 Å². The van der Waals surface area contributed by atoms with E-state index in [1.54, 1.807) is 7.11 Å². The molecule has 0 amide bonds. The van der Waals surface area contributed by atoms with Crippen LogP contribution in [0.1, 0.15) is 5.56 Å². The molecule has 0 heterocycles. The SMILES string of the molecule is [CH2]C=CCc1ccc(OC)cc1. The molecule has 1 rings (SSSR count). The van der Waals surface area contributed by atoms with E-state index in [1.807, 2.05) is 24.3 Å². The van der Waals surface area contributed by atoms with E-state index in [0.717, 1.165) is 12.2 Å². The van der Waals surface area contributed by atoms with Crippen LogP contribution in [0.3, 0.4) is 0 Å². The van der Waals surface area contributed by atoms with Crippen LogP contribution in [0.15, 0.2) is 36.4 Å². The highest BCUT2D eigenvalue weighted by Gasteiger charge is 1.90. The zero-order valence-electron chi connectivity index (χ0n) is 7.29. The number of methoxy groups -OCH3 is 1. The molecule has 1 heteroatoms. The van der Waals surface area contributed by atoms with E-state index >= 15 is 0 Å². The van der Waals surface area contributed by atoms with Gasteiger partial charge in [0.1, 0.15) is 5.75 Å². The molecule has 0 fully saturated rings. The van der Waals surface area contributed by atoms with Crippen molar-refractivity contribution in [3.63, 3.8) is 0 Å². The first-order chi connectivity index (χ1) is 5.86. The molecule has 0 aromatic heterocycles. The van der Waals surface area contributed by atoms with Crippen molar-refractivity contribution in [2.75, 3.05) is 7.11 Å². The molecule has 0 saturated carbocycles. The van der Waals surface area contributed by atoms with E-state index in [1.165, 1.54) is 5.56 Å². The van der Waals surface area contributed by atoms with E-state index in [2.05, 4.69) is 19.1 Å². The highest BCUT2D eigenvalue weighted by Crippen LogP contribution is 2.11. The third-order valence-electron chi connectivity index (χ3n) is 1.68. The molecule has 1 aromatic carbocycles. The van der Waals surface area contributed by atoms with Crippen molar-refractivity contribution in [2.45, 2.75) is 6.42 Å². The molecule has 0 spiro atoms. The zero-order valence-corrected chi connectivity index (χ0v) is 7.29. The summed E-state index contributed by atoms with van der Waals surface area (Å²) < 4.78 is 5.04. The van der Waals surface area contributed by atoms with Gasteiger partial charge in [-0.15, -0.1) is 0 Å². The molecule has 0 saturated heterocycles. The number of benzene rings is 1. The summed E-state index contributed by atoms with van der Waals surface area (Å²) >= 11 is 0. The molecule has 1 radical (unpaired) electrons. The second-order valence-corrected chi connectivity index (χ2v) is 2.52. The third-order valence-corrected chi connectivity index (χ3v) is 1.68. The predicted molar refractivity (Wildman–Crippen MR) is 51.2 cm³/mol. The Hall–Kier alpha value is -1.24. The number of rotatable bonds is 3. The predicted octanol–water partition coefficient (Wildman–Crippen LogP) is 2.63. The van der Waals surface area contributed by atoms with Crippen LogP contribution in [0.2, 0.25) is 0 Å². The second-order valence-electron chi connectivity index (χ2n) is 2.52. The zero-order chi connectivity index (χ0) is 8.81. The molecule has 1 aromatic rings. The molecule has 12 heavy (non-hydrogen) atoms. The number of ether oxygens (including phenoxy) is 1. The van der Waals surface area contributed by atoms with Crippen LogP contribution in [0, 0.1) is 6.92 Å². The van der Waals surface area contributed by atoms with Gasteiger partial charge in [-0.05, 0) is 31.0 Å². The van der Waals surface area contributed by atoms with Crippen molar-refractivity contribution >= 4 is 0 Å². The average Bonchev–Trinajstić information content (AvgIpc) is 2.15. The van der Waals surface area contributed by atoms with Crippen molar-refractivity contribution < 1.29 is 4.74 Å². The lowest BCUT2D eigenvalue weighted by atomic mass is 10.1. The van der Waals surface area contributed by atoms with E-state index in [-0.39, 0.29) is 0 Å². The summed E-state index contributed by atoms with van der Waals surface area (Å²) in [7, 11) is 1.67. The van der Waals surface area contributed by atoms with Gasteiger partial charge < -0.3 is 4.74 Å². The molecule has 0 N–H and O–H groups in total. The van der Waals surface area contributed by atoms with Crippen molar-refractivity contribution in [1.29, 1.82) is 0 Å². The summed E-state index contributed by atoms with van der Waals surface area (Å²) in [6.45, 7) is 3.63. The summed E-state index contributed by atoms with van der Waals surface area (Å²) in [6, 6.07) is 8.04. The maximum atomic E-state index is 5.04. The molecule has 0 atom stereocenters. The standard InChI is InChI=1S/C11H13O/c1-3-4-5-10-6-8-11(12-2)9-7-10/h3-4,6-9H,1,5H2,2H3. The van der Waals surface area contributed by atoms with E-state index in [0.29, 0.717) is 0 Å². The molecule has 1 nitrogen and oxygen atoms in total. The topological polar surface area (TPSA) is 9.23 Å². The van der Waals surface area contributed by atoms with Gasteiger partial charge in [-0.2, -0.15) is 0 Å². The van der Waals surface area contributed by atoms with Crippen LogP contribution in [-0.4, -0.2) is 7.11 Å². The van der Waals surface area contributed by atoms with Gasteiger partial charge in [-0.25, -0.2) is 0 Å². The van der Waals surface area contributed by atoms with Crippen molar-refractivity contribution in [1.82, 2.24) is 0 Å². The summed E-state index contributed by atoms with van der Waals surface area (Å²) in [5, 5.41) is 0. The van der Waals surface area contributed by atoms with Crippen molar-refractivity contribution in [3.05, 3.63) is 48.9 Å². The van der Waals surface area contributed by atoms with Gasteiger partial charge in [-0.1, -0.05) is 24.3 Å². The third kappa shape index (κ3) is 2.42. The van der Waals surface area contributed by atoms with Crippen LogP contribution in [0.25, 0.3) is 0 Å². The fraction of sp³-hybridized carbons (Fsp3) is 0.182. The Balaban J connectivity index is 2.64. The largest absolute Gasteiger partial charge is 0.497 e. The monoisotopic (exact) mass is 161 g/mol. The van der Waals surface area contributed by atoms with Crippen LogP contribution < -0.4 is 4.74 Å². The fourth-order valence-corrected chi connectivity index (χ4v) is 0.981. The molecule has 63 valence electrons. The lowest BCUT2D eigenvalue weighted by molar-refractivity contribution is 0.414. The van der Waals surface area contributed by atoms with Gasteiger partial charge in [0.05, 0.1) is 7.11 Å². The van der Waals surface area contributed by atoms with Crippen molar-refractivity contribution in [3.8, 4) is 5.75 Å². The summed E-state index contributed by atoms with van der Waals surface area (Å²) in [5.41, 5.74) is 1.27. The quantitative estimate of drug-likeness (QED) is 0.662.